The van der Waals surface area contributed by atoms with Gasteiger partial charge in [-0.15, -0.1) is 5.10 Å². The van der Waals surface area contributed by atoms with Gasteiger partial charge in [-0.25, -0.2) is 0 Å². The number of amides is 1. The van der Waals surface area contributed by atoms with E-state index in [4.69, 9.17) is 4.74 Å². The minimum atomic E-state index is -0.166. The molecule has 1 aliphatic heterocycles. The van der Waals surface area contributed by atoms with Crippen LogP contribution in [0.1, 0.15) is 42.6 Å². The molecule has 0 aliphatic carbocycles. The average Bonchev–Trinajstić information content (AvgIpc) is 2.85. The monoisotopic (exact) mass is 446 g/mol. The van der Waals surface area contributed by atoms with E-state index in [9.17, 15) is 9.59 Å². The van der Waals surface area contributed by atoms with Gasteiger partial charge in [0.25, 0.3) is 11.5 Å². The van der Waals surface area contributed by atoms with Crippen molar-refractivity contribution in [2.24, 2.45) is 0 Å². The number of hydrogen-bond acceptors (Lipinski definition) is 5. The third-order valence-electron chi connectivity index (χ3n) is 5.89. The lowest BCUT2D eigenvalue weighted by Crippen LogP contribution is -2.49. The molecule has 1 saturated heterocycles. The minimum Gasteiger partial charge on any atom is -0.494 e. The average molecular weight is 447 g/mol. The van der Waals surface area contributed by atoms with Crippen LogP contribution in [0.25, 0.3) is 5.69 Å². The Labute approximate surface area is 194 Å². The van der Waals surface area contributed by atoms with Gasteiger partial charge >= 0.3 is 0 Å². The van der Waals surface area contributed by atoms with E-state index < -0.39 is 0 Å². The zero-order valence-corrected chi connectivity index (χ0v) is 19.4. The first-order valence-corrected chi connectivity index (χ1v) is 11.4. The van der Waals surface area contributed by atoms with Gasteiger partial charge in [-0.05, 0) is 60.9 Å². The van der Waals surface area contributed by atoms with Crippen LogP contribution in [-0.4, -0.2) is 53.4 Å². The molecule has 1 aromatic heterocycles. The van der Waals surface area contributed by atoms with Gasteiger partial charge in [0.2, 0.25) is 0 Å². The van der Waals surface area contributed by atoms with Crippen molar-refractivity contribution >= 4 is 11.7 Å². The molecule has 1 aliphatic rings. The number of benzene rings is 2. The predicted octanol–water partition coefficient (Wildman–Crippen LogP) is 3.72. The van der Waals surface area contributed by atoms with Crippen molar-refractivity contribution in [1.82, 2.24) is 14.7 Å². The highest BCUT2D eigenvalue weighted by Crippen LogP contribution is 2.19. The predicted molar refractivity (Wildman–Crippen MR) is 130 cm³/mol. The molecule has 2 heterocycles. The molecule has 0 bridgehead atoms. The molecule has 33 heavy (non-hydrogen) atoms. The number of rotatable bonds is 6. The summed E-state index contributed by atoms with van der Waals surface area (Å²) in [7, 11) is 0. The first-order valence-electron chi connectivity index (χ1n) is 11.4. The summed E-state index contributed by atoms with van der Waals surface area (Å²) in [6.45, 7) is 9.30. The van der Waals surface area contributed by atoms with Gasteiger partial charge < -0.3 is 14.5 Å². The van der Waals surface area contributed by atoms with Gasteiger partial charge in [0.1, 0.15) is 11.6 Å². The number of ether oxygens (including phenoxy) is 1. The van der Waals surface area contributed by atoms with E-state index in [0.29, 0.717) is 44.3 Å². The molecular formula is C26H30N4O3. The highest BCUT2D eigenvalue weighted by atomic mass is 16.5. The Bertz CT molecular complexity index is 1150. The SMILES string of the molecule is CCOc1ccc(C(=O)N2CCN(c3ccc(=O)n(-c4ccc(C(C)C)cc4)n3)CC2)cc1. The highest BCUT2D eigenvalue weighted by molar-refractivity contribution is 5.94. The Morgan fingerprint density at radius 2 is 1.61 bits per heavy atom. The zero-order chi connectivity index (χ0) is 23.4. The summed E-state index contributed by atoms with van der Waals surface area (Å²) >= 11 is 0. The second-order valence-corrected chi connectivity index (χ2v) is 8.42. The van der Waals surface area contributed by atoms with Gasteiger partial charge in [0.15, 0.2) is 0 Å². The molecule has 4 rings (SSSR count). The van der Waals surface area contributed by atoms with E-state index in [1.807, 2.05) is 60.4 Å². The molecule has 0 N–H and O–H groups in total. The second kappa shape index (κ2) is 9.90. The van der Waals surface area contributed by atoms with Crippen molar-refractivity contribution in [1.29, 1.82) is 0 Å². The molecule has 7 heteroatoms. The maximum atomic E-state index is 12.9. The topological polar surface area (TPSA) is 67.7 Å². The molecular weight excluding hydrogens is 416 g/mol. The van der Waals surface area contributed by atoms with E-state index in [1.165, 1.54) is 10.2 Å². The maximum absolute atomic E-state index is 12.9. The quantitative estimate of drug-likeness (QED) is 0.577. The summed E-state index contributed by atoms with van der Waals surface area (Å²) in [6, 6.07) is 18.5. The summed E-state index contributed by atoms with van der Waals surface area (Å²) in [4.78, 5) is 29.3. The van der Waals surface area contributed by atoms with Crippen molar-refractivity contribution in [2.75, 3.05) is 37.7 Å². The lowest BCUT2D eigenvalue weighted by Gasteiger charge is -2.35. The Hall–Kier alpha value is -3.61. The third kappa shape index (κ3) is 5.08. The number of carbonyl (C=O) groups excluding carboxylic acids is 1. The molecule has 0 radical (unpaired) electrons. The van der Waals surface area contributed by atoms with Gasteiger partial charge in [-0.2, -0.15) is 4.68 Å². The number of anilines is 1. The lowest BCUT2D eigenvalue weighted by molar-refractivity contribution is 0.0746. The lowest BCUT2D eigenvalue weighted by atomic mass is 10.0. The fraction of sp³-hybridized carbons (Fsp3) is 0.346. The number of aromatic nitrogens is 2. The normalized spacial score (nSPS) is 13.9. The standard InChI is InChI=1S/C26H30N4O3/c1-4-33-23-11-7-21(8-12-23)26(32)29-17-15-28(16-18-29)24-13-14-25(31)30(27-24)22-9-5-20(6-10-22)19(2)3/h5-14,19H,4,15-18H2,1-3H3. The smallest absolute Gasteiger partial charge is 0.271 e. The molecule has 0 unspecified atom stereocenters. The van der Waals surface area contributed by atoms with Crippen LogP contribution >= 0.6 is 0 Å². The van der Waals surface area contributed by atoms with Crippen molar-refractivity contribution in [3.63, 3.8) is 0 Å². The summed E-state index contributed by atoms with van der Waals surface area (Å²) in [5, 5.41) is 4.61. The van der Waals surface area contributed by atoms with Crippen LogP contribution in [0.15, 0.2) is 65.5 Å². The summed E-state index contributed by atoms with van der Waals surface area (Å²) in [5.74, 6) is 1.94. The maximum Gasteiger partial charge on any atom is 0.271 e. The van der Waals surface area contributed by atoms with Gasteiger partial charge in [-0.3, -0.25) is 9.59 Å². The third-order valence-corrected chi connectivity index (χ3v) is 5.89. The number of nitrogens with zero attached hydrogens (tertiary/aromatic N) is 4. The molecule has 7 nitrogen and oxygen atoms in total. The van der Waals surface area contributed by atoms with Crippen LogP contribution in [0.4, 0.5) is 5.82 Å². The Kier molecular flexibility index (Phi) is 6.77. The molecule has 2 aromatic carbocycles. The number of piperazine rings is 1. The van der Waals surface area contributed by atoms with E-state index in [1.54, 1.807) is 12.1 Å². The van der Waals surface area contributed by atoms with Crippen LogP contribution in [0, 0.1) is 0 Å². The molecule has 3 aromatic rings. The largest absolute Gasteiger partial charge is 0.494 e. The first-order chi connectivity index (χ1) is 16.0. The van der Waals surface area contributed by atoms with Gasteiger partial charge in [-0.1, -0.05) is 26.0 Å². The second-order valence-electron chi connectivity index (χ2n) is 8.42. The van der Waals surface area contributed by atoms with Crippen molar-refractivity contribution in [3.05, 3.63) is 82.1 Å². The van der Waals surface area contributed by atoms with Crippen LogP contribution in [0.2, 0.25) is 0 Å². The Balaban J connectivity index is 1.44. The van der Waals surface area contributed by atoms with E-state index in [2.05, 4.69) is 23.8 Å². The molecule has 0 saturated carbocycles. The van der Waals surface area contributed by atoms with Crippen molar-refractivity contribution < 1.29 is 9.53 Å². The Morgan fingerprint density at radius 3 is 2.21 bits per heavy atom. The van der Waals surface area contributed by atoms with Crippen LogP contribution < -0.4 is 15.2 Å². The van der Waals surface area contributed by atoms with Crippen molar-refractivity contribution in [2.45, 2.75) is 26.7 Å². The van der Waals surface area contributed by atoms with Crippen molar-refractivity contribution in [3.8, 4) is 11.4 Å². The summed E-state index contributed by atoms with van der Waals surface area (Å²) in [5.41, 5.74) is 2.45. The van der Waals surface area contributed by atoms with Gasteiger partial charge in [0.05, 0.1) is 12.3 Å². The molecule has 172 valence electrons. The van der Waals surface area contributed by atoms with Crippen LogP contribution in [0.3, 0.4) is 0 Å². The summed E-state index contributed by atoms with van der Waals surface area (Å²) < 4.78 is 6.89. The van der Waals surface area contributed by atoms with E-state index >= 15 is 0 Å². The fourth-order valence-electron chi connectivity index (χ4n) is 3.94. The fourth-order valence-corrected chi connectivity index (χ4v) is 3.94. The molecule has 1 amide bonds. The zero-order valence-electron chi connectivity index (χ0n) is 19.4. The molecule has 1 fully saturated rings. The highest BCUT2D eigenvalue weighted by Gasteiger charge is 2.23. The summed E-state index contributed by atoms with van der Waals surface area (Å²) in [6.07, 6.45) is 0. The minimum absolute atomic E-state index is 0.0147. The van der Waals surface area contributed by atoms with Crippen LogP contribution in [-0.2, 0) is 0 Å². The Morgan fingerprint density at radius 1 is 0.939 bits per heavy atom. The molecule has 0 atom stereocenters. The van der Waals surface area contributed by atoms with E-state index in [-0.39, 0.29) is 11.5 Å². The number of hydrogen-bond donors (Lipinski definition) is 0. The number of carbonyl (C=O) groups is 1. The van der Waals surface area contributed by atoms with E-state index in [0.717, 1.165) is 17.3 Å². The van der Waals surface area contributed by atoms with Crippen LogP contribution in [0.5, 0.6) is 5.75 Å². The van der Waals surface area contributed by atoms with Gasteiger partial charge in [0, 0.05) is 37.8 Å². The first kappa shape index (κ1) is 22.6. The molecule has 0 spiro atoms.